The van der Waals surface area contributed by atoms with Crippen LogP contribution in [0.1, 0.15) is 42.0 Å². The molecule has 2 heterocycles. The van der Waals surface area contributed by atoms with Gasteiger partial charge in [0.2, 0.25) is 0 Å². The molecule has 2 N–H and O–H groups in total. The van der Waals surface area contributed by atoms with Crippen LogP contribution >= 0.6 is 23.7 Å². The van der Waals surface area contributed by atoms with Crippen LogP contribution in [0.4, 0.5) is 5.13 Å². The number of likely N-dealkylation sites (tertiary alicyclic amines) is 1. The van der Waals surface area contributed by atoms with E-state index < -0.39 is 0 Å². The highest BCUT2D eigenvalue weighted by molar-refractivity contribution is 7.15. The van der Waals surface area contributed by atoms with E-state index in [1.165, 1.54) is 42.7 Å². The Kier molecular flexibility index (Phi) is 5.24. The molecule has 23 heavy (non-hydrogen) atoms. The van der Waals surface area contributed by atoms with Gasteiger partial charge in [-0.25, -0.2) is 4.98 Å². The Morgan fingerprint density at radius 3 is 2.70 bits per heavy atom. The van der Waals surface area contributed by atoms with Crippen molar-refractivity contribution in [3.05, 3.63) is 47.0 Å². The van der Waals surface area contributed by atoms with Crippen LogP contribution in [0.3, 0.4) is 0 Å². The summed E-state index contributed by atoms with van der Waals surface area (Å²) in [4.78, 5) is 8.20. The van der Waals surface area contributed by atoms with Gasteiger partial charge in [0.05, 0.1) is 0 Å². The van der Waals surface area contributed by atoms with Crippen LogP contribution in [0.2, 0.25) is 0 Å². The van der Waals surface area contributed by atoms with E-state index in [0.29, 0.717) is 11.0 Å². The minimum atomic E-state index is 0. The number of halogens is 1. The van der Waals surface area contributed by atoms with Crippen LogP contribution in [0.25, 0.3) is 0 Å². The van der Waals surface area contributed by atoms with Crippen molar-refractivity contribution in [2.24, 2.45) is 5.92 Å². The number of hydrogen-bond donors (Lipinski definition) is 1. The number of hydrogen-bond acceptors (Lipinski definition) is 4. The lowest BCUT2D eigenvalue weighted by Gasteiger charge is -2.32. The molecule has 5 heteroatoms. The maximum atomic E-state index is 5.79. The van der Waals surface area contributed by atoms with Gasteiger partial charge in [0, 0.05) is 36.1 Å². The summed E-state index contributed by atoms with van der Waals surface area (Å²) < 4.78 is 0. The fourth-order valence-corrected chi connectivity index (χ4v) is 5.13. The monoisotopic (exact) mass is 349 g/mol. The zero-order valence-corrected chi connectivity index (χ0v) is 14.9. The van der Waals surface area contributed by atoms with Gasteiger partial charge in [0.15, 0.2) is 5.13 Å². The molecule has 0 spiro atoms. The van der Waals surface area contributed by atoms with Gasteiger partial charge in [-0.1, -0.05) is 43.2 Å². The number of rotatable bonds is 3. The summed E-state index contributed by atoms with van der Waals surface area (Å²) >= 11 is 1.64. The molecule has 124 valence electrons. The zero-order valence-electron chi connectivity index (χ0n) is 13.2. The Balaban J connectivity index is 0.00000156. The number of nitrogen functional groups attached to an aromatic ring is 1. The molecule has 0 bridgehead atoms. The molecule has 1 saturated heterocycles. The van der Waals surface area contributed by atoms with E-state index in [4.69, 9.17) is 5.73 Å². The number of benzene rings is 1. The van der Waals surface area contributed by atoms with Crippen molar-refractivity contribution in [1.82, 2.24) is 9.88 Å². The summed E-state index contributed by atoms with van der Waals surface area (Å²) in [6.45, 7) is 2.19. The second-order valence-electron chi connectivity index (χ2n) is 6.63. The van der Waals surface area contributed by atoms with Gasteiger partial charge >= 0.3 is 0 Å². The highest BCUT2D eigenvalue weighted by atomic mass is 35.5. The SMILES string of the molecule is Cl.Nc1ncc(CN2CC(c3ccccc3)C3CCCCC32)s1. The van der Waals surface area contributed by atoms with Crippen molar-refractivity contribution in [2.45, 2.75) is 44.2 Å². The third kappa shape index (κ3) is 3.39. The van der Waals surface area contributed by atoms with Gasteiger partial charge in [-0.15, -0.1) is 23.7 Å². The van der Waals surface area contributed by atoms with Crippen molar-refractivity contribution in [2.75, 3.05) is 12.3 Å². The molecule has 0 amide bonds. The third-order valence-corrected chi connectivity index (χ3v) is 6.17. The molecule has 1 aromatic carbocycles. The molecule has 4 rings (SSSR count). The van der Waals surface area contributed by atoms with Crippen molar-refractivity contribution >= 4 is 28.9 Å². The van der Waals surface area contributed by atoms with Crippen LogP contribution in [-0.2, 0) is 6.54 Å². The van der Waals surface area contributed by atoms with Crippen LogP contribution in [0, 0.1) is 5.92 Å². The lowest BCUT2D eigenvalue weighted by molar-refractivity contribution is 0.176. The Bertz CT molecular complexity index is 630. The number of aromatic nitrogens is 1. The van der Waals surface area contributed by atoms with Crippen molar-refractivity contribution in [1.29, 1.82) is 0 Å². The molecule has 1 aliphatic heterocycles. The summed E-state index contributed by atoms with van der Waals surface area (Å²) in [5.41, 5.74) is 7.31. The van der Waals surface area contributed by atoms with Crippen molar-refractivity contribution < 1.29 is 0 Å². The van der Waals surface area contributed by atoms with Crippen LogP contribution < -0.4 is 5.73 Å². The lowest BCUT2D eigenvalue weighted by Crippen LogP contribution is -2.34. The van der Waals surface area contributed by atoms with Crippen LogP contribution in [-0.4, -0.2) is 22.5 Å². The molecule has 3 nitrogen and oxygen atoms in total. The summed E-state index contributed by atoms with van der Waals surface area (Å²) in [5.74, 6) is 1.51. The molecule has 1 aromatic heterocycles. The number of anilines is 1. The standard InChI is InChI=1S/C18H23N3S.ClH/c19-18-20-10-14(22-18)11-21-12-16(13-6-2-1-3-7-13)15-8-4-5-9-17(15)21;/h1-3,6-7,10,15-17H,4-5,8-9,11-12H2,(H2,19,20);1H. The second kappa shape index (κ2) is 7.20. The second-order valence-corrected chi connectivity index (χ2v) is 7.77. The lowest BCUT2D eigenvalue weighted by atomic mass is 9.77. The van der Waals surface area contributed by atoms with E-state index in [9.17, 15) is 0 Å². The normalized spacial score (nSPS) is 27.4. The molecule has 2 aliphatic rings. The van der Waals surface area contributed by atoms with E-state index in [1.54, 1.807) is 11.3 Å². The molecule has 0 radical (unpaired) electrons. The first kappa shape index (κ1) is 16.7. The Morgan fingerprint density at radius 1 is 1.17 bits per heavy atom. The largest absolute Gasteiger partial charge is 0.375 e. The molecule has 1 aliphatic carbocycles. The average molecular weight is 350 g/mol. The van der Waals surface area contributed by atoms with Crippen molar-refractivity contribution in [3.63, 3.8) is 0 Å². The van der Waals surface area contributed by atoms with E-state index in [1.807, 2.05) is 6.20 Å². The molecule has 3 unspecified atom stereocenters. The average Bonchev–Trinajstić information content (AvgIpc) is 3.13. The van der Waals surface area contributed by atoms with E-state index in [2.05, 4.69) is 40.2 Å². The minimum Gasteiger partial charge on any atom is -0.375 e. The van der Waals surface area contributed by atoms with Gasteiger partial charge in [-0.2, -0.15) is 0 Å². The third-order valence-electron chi connectivity index (χ3n) is 5.36. The summed E-state index contributed by atoms with van der Waals surface area (Å²) in [6.07, 6.45) is 7.46. The van der Waals surface area contributed by atoms with Gasteiger partial charge in [0.25, 0.3) is 0 Å². The predicted octanol–water partition coefficient (Wildman–Crippen LogP) is 4.31. The highest BCUT2D eigenvalue weighted by Gasteiger charge is 2.43. The fraction of sp³-hybridized carbons (Fsp3) is 0.500. The van der Waals surface area contributed by atoms with E-state index >= 15 is 0 Å². The predicted molar refractivity (Wildman–Crippen MR) is 99.1 cm³/mol. The quantitative estimate of drug-likeness (QED) is 0.898. The highest BCUT2D eigenvalue weighted by Crippen LogP contribution is 2.45. The molecule has 2 aromatic rings. The van der Waals surface area contributed by atoms with Crippen LogP contribution in [0.15, 0.2) is 36.5 Å². The topological polar surface area (TPSA) is 42.1 Å². The summed E-state index contributed by atoms with van der Waals surface area (Å²) in [5, 5.41) is 0.689. The van der Waals surface area contributed by atoms with E-state index in [-0.39, 0.29) is 12.4 Å². The zero-order chi connectivity index (χ0) is 14.9. The molecule has 1 saturated carbocycles. The Hall–Kier alpha value is -1.10. The van der Waals surface area contributed by atoms with Gasteiger partial charge < -0.3 is 5.73 Å². The van der Waals surface area contributed by atoms with Gasteiger partial charge in [0.1, 0.15) is 0 Å². The molecular weight excluding hydrogens is 326 g/mol. The van der Waals surface area contributed by atoms with Gasteiger partial charge in [-0.3, -0.25) is 4.90 Å². The number of nitrogens with zero attached hydrogens (tertiary/aromatic N) is 2. The first-order valence-electron chi connectivity index (χ1n) is 8.30. The first-order valence-corrected chi connectivity index (χ1v) is 9.12. The maximum Gasteiger partial charge on any atom is 0.180 e. The molecule has 2 fully saturated rings. The smallest absolute Gasteiger partial charge is 0.180 e. The summed E-state index contributed by atoms with van der Waals surface area (Å²) in [6, 6.07) is 11.8. The number of thiazole rings is 1. The Labute approximate surface area is 148 Å². The number of fused-ring (bicyclic) bond motifs is 1. The molecular formula is C18H24ClN3S. The molecule has 3 atom stereocenters. The fourth-order valence-electron chi connectivity index (χ4n) is 4.42. The Morgan fingerprint density at radius 2 is 1.96 bits per heavy atom. The van der Waals surface area contributed by atoms with Crippen LogP contribution in [0.5, 0.6) is 0 Å². The van der Waals surface area contributed by atoms with Crippen molar-refractivity contribution in [3.8, 4) is 0 Å². The number of nitrogens with two attached hydrogens (primary N) is 1. The minimum absolute atomic E-state index is 0. The van der Waals surface area contributed by atoms with Gasteiger partial charge in [-0.05, 0) is 24.3 Å². The maximum absolute atomic E-state index is 5.79. The van der Waals surface area contributed by atoms with E-state index in [0.717, 1.165) is 18.5 Å². The summed E-state index contributed by atoms with van der Waals surface area (Å²) in [7, 11) is 0. The first-order chi connectivity index (χ1) is 10.8.